The molecule has 1 aliphatic rings. The zero-order chi connectivity index (χ0) is 21.6. The van der Waals surface area contributed by atoms with Gasteiger partial charge in [0, 0.05) is 27.5 Å². The quantitative estimate of drug-likeness (QED) is 0.472. The van der Waals surface area contributed by atoms with E-state index < -0.39 is 8.07 Å². The van der Waals surface area contributed by atoms with E-state index in [0.29, 0.717) is 12.2 Å². The lowest BCUT2D eigenvalue weighted by atomic mass is 9.91. The number of fused-ring (bicyclic) bond motifs is 1. The fourth-order valence-electron chi connectivity index (χ4n) is 2.31. The Hall–Kier alpha value is -1.83. The van der Waals surface area contributed by atoms with Crippen molar-refractivity contribution in [1.29, 1.82) is 5.26 Å². The third-order valence-electron chi connectivity index (χ3n) is 3.54. The van der Waals surface area contributed by atoms with Gasteiger partial charge in [-0.15, -0.1) is 0 Å². The lowest BCUT2D eigenvalue weighted by Gasteiger charge is -2.15. The van der Waals surface area contributed by atoms with Crippen molar-refractivity contribution >= 4 is 25.6 Å². The summed E-state index contributed by atoms with van der Waals surface area (Å²) in [6.45, 7) is 14.1. The number of hydrogen-bond donors (Lipinski definition) is 0. The van der Waals surface area contributed by atoms with Crippen molar-refractivity contribution in [2.45, 2.75) is 76.4 Å². The van der Waals surface area contributed by atoms with Crippen LogP contribution in [0.4, 0.5) is 0 Å². The van der Waals surface area contributed by atoms with Crippen LogP contribution in [0.5, 0.6) is 0 Å². The van der Waals surface area contributed by atoms with Crippen molar-refractivity contribution in [2.24, 2.45) is 0 Å². The summed E-state index contributed by atoms with van der Waals surface area (Å²) >= 11 is 1.75. The Kier molecular flexibility index (Phi) is 13.3. The first-order valence-corrected chi connectivity index (χ1v) is 14.5. The van der Waals surface area contributed by atoms with Crippen molar-refractivity contribution in [3.63, 3.8) is 0 Å². The zero-order valence-electron chi connectivity index (χ0n) is 18.5. The highest BCUT2D eigenvalue weighted by Gasteiger charge is 2.17. The molecule has 0 aliphatic heterocycles. The first-order chi connectivity index (χ1) is 13.4. The Morgan fingerprint density at radius 2 is 1.46 bits per heavy atom. The predicted molar refractivity (Wildman–Crippen MR) is 126 cm³/mol. The second kappa shape index (κ2) is 14.2. The number of ketones is 1. The minimum atomic E-state index is -1.33. The van der Waals surface area contributed by atoms with E-state index in [1.165, 1.54) is 15.4 Å². The summed E-state index contributed by atoms with van der Waals surface area (Å²) in [7, 11) is -1.33. The smallest absolute Gasteiger partial charge is 0.164 e. The third-order valence-corrected chi connectivity index (χ3v) is 5.21. The number of Topliss-reactive ketones (excluding diaryl/α,β-unsaturated/α-hetero) is 1. The monoisotopic (exact) mass is 413 g/mol. The predicted octanol–water partition coefficient (Wildman–Crippen LogP) is 7.80. The number of carbonyl (C=O) groups is 1. The molecule has 0 amide bonds. The summed E-state index contributed by atoms with van der Waals surface area (Å²) in [6.07, 6.45) is 2.73. The number of hydrogen-bond acceptors (Lipinski definition) is 3. The van der Waals surface area contributed by atoms with E-state index >= 15 is 0 Å². The standard InChI is InChI=1S/C16H14OS.C4H9NSi.2C2H6/c17-16-8-4-5-12-11-14(9-10-15(12)16)18-13-6-2-1-3-7-13;1-6(2,3)4-5;2*1-2/h1-3,6-7,9-11H,4-5,8H2;1-3H3;2*1-2H3. The van der Waals surface area contributed by atoms with E-state index in [1.54, 1.807) is 11.8 Å². The van der Waals surface area contributed by atoms with Crippen molar-refractivity contribution in [2.75, 3.05) is 0 Å². The number of rotatable bonds is 2. The molecule has 0 aromatic heterocycles. The summed E-state index contributed by atoms with van der Waals surface area (Å²) in [5, 5.41) is 8.21. The van der Waals surface area contributed by atoms with Crippen molar-refractivity contribution in [1.82, 2.24) is 0 Å². The van der Waals surface area contributed by atoms with Crippen LogP contribution in [0, 0.1) is 11.0 Å². The number of aryl methyl sites for hydroxylation is 1. The first kappa shape index (κ1) is 26.2. The van der Waals surface area contributed by atoms with Gasteiger partial charge in [-0.1, -0.05) is 83.4 Å². The van der Waals surface area contributed by atoms with Gasteiger partial charge in [0.25, 0.3) is 0 Å². The van der Waals surface area contributed by atoms with Gasteiger partial charge >= 0.3 is 0 Å². The minimum absolute atomic E-state index is 0.299. The molecule has 0 bridgehead atoms. The van der Waals surface area contributed by atoms with Gasteiger partial charge in [-0.25, -0.2) is 5.26 Å². The highest BCUT2D eigenvalue weighted by Crippen LogP contribution is 2.31. The van der Waals surface area contributed by atoms with Gasteiger partial charge in [-0.2, -0.15) is 0 Å². The highest BCUT2D eigenvalue weighted by molar-refractivity contribution is 7.99. The highest BCUT2D eigenvalue weighted by atomic mass is 32.2. The molecule has 2 aromatic rings. The van der Waals surface area contributed by atoms with Crippen LogP contribution in [0.25, 0.3) is 0 Å². The van der Waals surface area contributed by atoms with Crippen LogP contribution in [0.15, 0.2) is 58.3 Å². The molecule has 0 radical (unpaired) electrons. The van der Waals surface area contributed by atoms with Crippen LogP contribution in [0.3, 0.4) is 0 Å². The molecule has 0 heterocycles. The second-order valence-electron chi connectivity index (χ2n) is 6.87. The fourth-order valence-corrected chi connectivity index (χ4v) is 3.21. The van der Waals surface area contributed by atoms with Crippen LogP contribution in [-0.4, -0.2) is 13.9 Å². The Bertz CT molecular complexity index is 745. The molecule has 152 valence electrons. The normalized spacial score (nSPS) is 11.9. The SMILES string of the molecule is CC.CC.C[Si](C)(C)C#N.O=C1CCCc2cc(Sc3ccccc3)ccc21. The van der Waals surface area contributed by atoms with Gasteiger partial charge in [0.1, 0.15) is 0 Å². The van der Waals surface area contributed by atoms with E-state index in [4.69, 9.17) is 5.26 Å². The van der Waals surface area contributed by atoms with Crippen LogP contribution < -0.4 is 0 Å². The lowest BCUT2D eigenvalue weighted by molar-refractivity contribution is 0.0972. The topological polar surface area (TPSA) is 40.9 Å². The number of benzene rings is 2. The summed E-state index contributed by atoms with van der Waals surface area (Å²) < 4.78 is 0. The van der Waals surface area contributed by atoms with E-state index in [9.17, 15) is 4.79 Å². The lowest BCUT2D eigenvalue weighted by Crippen LogP contribution is -2.15. The van der Waals surface area contributed by atoms with E-state index in [0.717, 1.165) is 18.4 Å². The van der Waals surface area contributed by atoms with Crippen molar-refractivity contribution < 1.29 is 4.79 Å². The van der Waals surface area contributed by atoms with E-state index in [1.807, 2.05) is 71.6 Å². The Morgan fingerprint density at radius 3 is 2.00 bits per heavy atom. The molecular weight excluding hydrogens is 378 g/mol. The van der Waals surface area contributed by atoms with Crippen molar-refractivity contribution in [3.05, 3.63) is 59.7 Å². The minimum Gasteiger partial charge on any atom is -0.294 e. The van der Waals surface area contributed by atoms with Crippen LogP contribution >= 0.6 is 11.8 Å². The largest absolute Gasteiger partial charge is 0.294 e. The molecule has 0 N–H and O–H groups in total. The molecule has 0 spiro atoms. The summed E-state index contributed by atoms with van der Waals surface area (Å²) in [6, 6.07) is 16.5. The molecule has 3 rings (SSSR count). The summed E-state index contributed by atoms with van der Waals surface area (Å²) in [5.74, 6) is 0.299. The molecule has 28 heavy (non-hydrogen) atoms. The van der Waals surface area contributed by atoms with Gasteiger partial charge in [0.15, 0.2) is 13.9 Å². The Labute approximate surface area is 177 Å². The molecule has 0 saturated heterocycles. The number of carbonyl (C=O) groups excluding carboxylic acids is 1. The maximum absolute atomic E-state index is 11.7. The number of nitriles is 1. The van der Waals surface area contributed by atoms with Crippen molar-refractivity contribution in [3.8, 4) is 5.69 Å². The molecule has 2 nitrogen and oxygen atoms in total. The zero-order valence-corrected chi connectivity index (χ0v) is 20.3. The fraction of sp³-hybridized carbons (Fsp3) is 0.417. The first-order valence-electron chi connectivity index (χ1n) is 10.2. The van der Waals surface area contributed by atoms with Gasteiger partial charge in [0.05, 0.1) is 0 Å². The number of nitrogens with zero attached hydrogens (tertiary/aromatic N) is 1. The van der Waals surface area contributed by atoms with Crippen LogP contribution in [0.1, 0.15) is 56.5 Å². The molecular formula is C24H35NOSSi. The average Bonchev–Trinajstić information content (AvgIpc) is 2.72. The molecule has 1 aliphatic carbocycles. The van der Waals surface area contributed by atoms with Crippen LogP contribution in [0.2, 0.25) is 19.6 Å². The second-order valence-corrected chi connectivity index (χ2v) is 12.7. The third kappa shape index (κ3) is 9.92. The molecule has 4 heteroatoms. The van der Waals surface area contributed by atoms with Gasteiger partial charge < -0.3 is 0 Å². The van der Waals surface area contributed by atoms with E-state index in [-0.39, 0.29) is 0 Å². The molecule has 0 fully saturated rings. The Morgan fingerprint density at radius 1 is 0.893 bits per heavy atom. The Balaban J connectivity index is 0.000000622. The molecule has 0 atom stereocenters. The molecule has 2 aromatic carbocycles. The van der Waals surface area contributed by atoms with Gasteiger partial charge in [-0.05, 0) is 42.7 Å². The average molecular weight is 414 g/mol. The van der Waals surface area contributed by atoms with Gasteiger partial charge in [-0.3, -0.25) is 4.79 Å². The van der Waals surface area contributed by atoms with E-state index in [2.05, 4.69) is 30.0 Å². The molecule has 0 unspecified atom stereocenters. The summed E-state index contributed by atoms with van der Waals surface area (Å²) in [4.78, 5) is 14.2. The summed E-state index contributed by atoms with van der Waals surface area (Å²) in [5.41, 5.74) is 4.39. The maximum Gasteiger partial charge on any atom is 0.164 e. The molecule has 0 saturated carbocycles. The van der Waals surface area contributed by atoms with Gasteiger partial charge in [0.2, 0.25) is 0 Å². The van der Waals surface area contributed by atoms with Crippen LogP contribution in [-0.2, 0) is 6.42 Å². The maximum atomic E-state index is 11.7.